The summed E-state index contributed by atoms with van der Waals surface area (Å²) < 4.78 is 15.8. The van der Waals surface area contributed by atoms with Crippen molar-refractivity contribution < 1.29 is 38.5 Å². The van der Waals surface area contributed by atoms with E-state index >= 15 is 0 Å². The van der Waals surface area contributed by atoms with Gasteiger partial charge in [-0.25, -0.2) is 0 Å². The number of hydrogen-bond acceptors (Lipinski definition) is 8. The molecule has 32 heavy (non-hydrogen) atoms. The van der Waals surface area contributed by atoms with Gasteiger partial charge in [-0.05, 0) is 31.0 Å². The molecule has 1 aromatic rings. The Morgan fingerprint density at radius 1 is 1.00 bits per heavy atom. The highest BCUT2D eigenvalue weighted by Gasteiger charge is 2.36. The van der Waals surface area contributed by atoms with Crippen LogP contribution in [0.5, 0.6) is 11.5 Å². The van der Waals surface area contributed by atoms with Gasteiger partial charge in [-0.15, -0.1) is 0 Å². The van der Waals surface area contributed by atoms with Gasteiger partial charge in [-0.1, -0.05) is 33.3 Å². The topological polar surface area (TPSA) is 142 Å². The Morgan fingerprint density at radius 3 is 2.06 bits per heavy atom. The Balaban J connectivity index is 3.33. The number of carboxylic acid groups (broad SMARTS) is 1. The molecule has 0 fully saturated rings. The summed E-state index contributed by atoms with van der Waals surface area (Å²) in [4.78, 5) is 47.0. The molecule has 9 nitrogen and oxygen atoms in total. The largest absolute Gasteiger partial charge is 0.480 e. The van der Waals surface area contributed by atoms with Crippen molar-refractivity contribution in [1.29, 1.82) is 0 Å². The van der Waals surface area contributed by atoms with Gasteiger partial charge in [-0.3, -0.25) is 19.2 Å². The van der Waals surface area contributed by atoms with E-state index in [1.165, 1.54) is 26.0 Å². The van der Waals surface area contributed by atoms with E-state index in [1.54, 1.807) is 26.8 Å². The third kappa shape index (κ3) is 7.64. The molecule has 0 heterocycles. The molecule has 0 aromatic heterocycles. The quantitative estimate of drug-likeness (QED) is 0.383. The molecule has 0 bridgehead atoms. The fourth-order valence-corrected chi connectivity index (χ4v) is 3.45. The number of esters is 3. The number of carboxylic acids is 1. The Bertz CT molecular complexity index is 837. The van der Waals surface area contributed by atoms with Gasteiger partial charge in [-0.2, -0.15) is 0 Å². The predicted molar refractivity (Wildman–Crippen MR) is 116 cm³/mol. The van der Waals surface area contributed by atoms with Crippen molar-refractivity contribution in [3.05, 3.63) is 23.8 Å². The SMILES string of the molecule is CCCC(C)C(=O)OC(C)C(C)C(c1ccc(OC(C)=O)c(OC(C)=O)c1)[C@H](N)C(=O)O. The fraction of sp³-hybridized carbons (Fsp3) is 0.565. The second-order valence-corrected chi connectivity index (χ2v) is 7.97. The average Bonchev–Trinajstić information content (AvgIpc) is 2.68. The number of aliphatic carboxylic acids is 1. The molecule has 0 aliphatic rings. The molecule has 1 rings (SSSR count). The van der Waals surface area contributed by atoms with E-state index in [1.807, 2.05) is 6.92 Å². The first-order chi connectivity index (χ1) is 14.9. The van der Waals surface area contributed by atoms with Crippen LogP contribution in [0.15, 0.2) is 18.2 Å². The second kappa shape index (κ2) is 12.2. The molecule has 0 saturated heterocycles. The third-order valence-corrected chi connectivity index (χ3v) is 5.27. The van der Waals surface area contributed by atoms with Gasteiger partial charge < -0.3 is 25.1 Å². The zero-order valence-electron chi connectivity index (χ0n) is 19.4. The Labute approximate surface area is 188 Å². The van der Waals surface area contributed by atoms with Crippen LogP contribution in [0.25, 0.3) is 0 Å². The van der Waals surface area contributed by atoms with Crippen molar-refractivity contribution in [2.45, 2.75) is 72.4 Å². The number of hydrogen-bond donors (Lipinski definition) is 2. The van der Waals surface area contributed by atoms with Crippen LogP contribution in [0.2, 0.25) is 0 Å². The summed E-state index contributed by atoms with van der Waals surface area (Å²) in [5.74, 6) is -4.45. The minimum absolute atomic E-state index is 0.0135. The summed E-state index contributed by atoms with van der Waals surface area (Å²) >= 11 is 0. The van der Waals surface area contributed by atoms with Crippen LogP contribution in [0, 0.1) is 11.8 Å². The Kier molecular flexibility index (Phi) is 10.3. The molecule has 1 aromatic carbocycles. The number of rotatable bonds is 11. The second-order valence-electron chi connectivity index (χ2n) is 7.97. The zero-order valence-corrected chi connectivity index (χ0v) is 19.4. The van der Waals surface area contributed by atoms with E-state index in [2.05, 4.69) is 0 Å². The molecule has 3 N–H and O–H groups in total. The molecular formula is C23H33NO8. The predicted octanol–water partition coefficient (Wildman–Crippen LogP) is 3.04. The molecule has 178 valence electrons. The van der Waals surface area contributed by atoms with Crippen LogP contribution in [-0.2, 0) is 23.9 Å². The maximum atomic E-state index is 12.4. The van der Waals surface area contributed by atoms with Crippen LogP contribution in [0.4, 0.5) is 0 Å². The van der Waals surface area contributed by atoms with Crippen molar-refractivity contribution in [3.8, 4) is 11.5 Å². The number of benzene rings is 1. The Hall–Kier alpha value is -2.94. The van der Waals surface area contributed by atoms with Crippen LogP contribution in [0.3, 0.4) is 0 Å². The number of carbonyl (C=O) groups excluding carboxylic acids is 3. The van der Waals surface area contributed by atoms with Gasteiger partial charge in [0.15, 0.2) is 11.5 Å². The Morgan fingerprint density at radius 2 is 1.56 bits per heavy atom. The van der Waals surface area contributed by atoms with Crippen LogP contribution in [0.1, 0.15) is 65.9 Å². The lowest BCUT2D eigenvalue weighted by molar-refractivity contribution is -0.156. The van der Waals surface area contributed by atoms with E-state index in [4.69, 9.17) is 19.9 Å². The lowest BCUT2D eigenvalue weighted by Gasteiger charge is -2.32. The van der Waals surface area contributed by atoms with Gasteiger partial charge in [0.05, 0.1) is 5.92 Å². The maximum absolute atomic E-state index is 12.4. The first kappa shape index (κ1) is 27.1. The third-order valence-electron chi connectivity index (χ3n) is 5.27. The van der Waals surface area contributed by atoms with Crippen molar-refractivity contribution in [3.63, 3.8) is 0 Å². The van der Waals surface area contributed by atoms with Crippen molar-refractivity contribution in [2.24, 2.45) is 17.6 Å². The average molecular weight is 452 g/mol. The fourth-order valence-electron chi connectivity index (χ4n) is 3.45. The van der Waals surface area contributed by atoms with E-state index in [9.17, 15) is 24.3 Å². The molecular weight excluding hydrogens is 418 g/mol. The van der Waals surface area contributed by atoms with Crippen molar-refractivity contribution >= 4 is 23.9 Å². The van der Waals surface area contributed by atoms with Crippen LogP contribution < -0.4 is 15.2 Å². The lowest BCUT2D eigenvalue weighted by atomic mass is 9.79. The molecule has 0 amide bonds. The van der Waals surface area contributed by atoms with Crippen molar-refractivity contribution in [1.82, 2.24) is 0 Å². The highest BCUT2D eigenvalue weighted by Crippen LogP contribution is 2.37. The van der Waals surface area contributed by atoms with E-state index in [0.29, 0.717) is 12.0 Å². The zero-order chi connectivity index (χ0) is 24.6. The normalized spacial score (nSPS) is 15.6. The van der Waals surface area contributed by atoms with Crippen LogP contribution >= 0.6 is 0 Å². The summed E-state index contributed by atoms with van der Waals surface area (Å²) in [6.45, 7) is 9.56. The molecule has 5 atom stereocenters. The van der Waals surface area contributed by atoms with Crippen LogP contribution in [-0.4, -0.2) is 41.1 Å². The molecule has 9 heteroatoms. The number of ether oxygens (including phenoxy) is 3. The number of nitrogens with two attached hydrogens (primary N) is 1. The van der Waals surface area contributed by atoms with Gasteiger partial charge in [0.2, 0.25) is 0 Å². The summed E-state index contributed by atoms with van der Waals surface area (Å²) in [6.07, 6.45) is 0.879. The molecule has 0 aliphatic heterocycles. The smallest absolute Gasteiger partial charge is 0.321 e. The van der Waals surface area contributed by atoms with Gasteiger partial charge >= 0.3 is 23.9 Å². The summed E-state index contributed by atoms with van der Waals surface area (Å²) in [5, 5.41) is 9.59. The molecule has 0 saturated carbocycles. The first-order valence-corrected chi connectivity index (χ1v) is 10.6. The van der Waals surface area contributed by atoms with E-state index in [0.717, 1.165) is 6.42 Å². The van der Waals surface area contributed by atoms with Gasteiger partial charge in [0, 0.05) is 25.7 Å². The first-order valence-electron chi connectivity index (χ1n) is 10.6. The standard InChI is InChI=1S/C23H33NO8/c1-7-8-12(2)23(29)30-14(4)13(3)20(21(24)22(27)28)17-9-10-18(31-15(5)25)19(11-17)32-16(6)26/h9-14,20-21H,7-8,24H2,1-6H3,(H,27,28)/t12?,13?,14?,20?,21-/m0/s1. The summed E-state index contributed by atoms with van der Waals surface area (Å²) in [6, 6.07) is 3.04. The van der Waals surface area contributed by atoms with Gasteiger partial charge in [0.25, 0.3) is 0 Å². The van der Waals surface area contributed by atoms with Gasteiger partial charge in [0.1, 0.15) is 12.1 Å². The van der Waals surface area contributed by atoms with Crippen molar-refractivity contribution in [2.75, 3.05) is 0 Å². The number of carbonyl (C=O) groups is 4. The minimum atomic E-state index is -1.33. The molecule has 0 radical (unpaired) electrons. The lowest BCUT2D eigenvalue weighted by Crippen LogP contribution is -2.43. The van der Waals surface area contributed by atoms with E-state index < -0.39 is 41.9 Å². The monoisotopic (exact) mass is 451 g/mol. The highest BCUT2D eigenvalue weighted by molar-refractivity contribution is 5.76. The molecule has 0 aliphatic carbocycles. The summed E-state index contributed by atoms with van der Waals surface area (Å²) in [7, 11) is 0. The molecule has 0 spiro atoms. The summed E-state index contributed by atoms with van der Waals surface area (Å²) in [5.41, 5.74) is 6.44. The maximum Gasteiger partial charge on any atom is 0.321 e. The highest BCUT2D eigenvalue weighted by atomic mass is 16.6. The molecule has 4 unspecified atom stereocenters. The van der Waals surface area contributed by atoms with E-state index in [-0.39, 0.29) is 23.4 Å². The minimum Gasteiger partial charge on any atom is -0.480 e.